The van der Waals surface area contributed by atoms with Crippen molar-refractivity contribution in [3.8, 4) is 5.75 Å². The van der Waals surface area contributed by atoms with E-state index < -0.39 is 5.82 Å². The Morgan fingerprint density at radius 1 is 1.39 bits per heavy atom. The molecular weight excluding hydrogens is 233 g/mol. The van der Waals surface area contributed by atoms with Gasteiger partial charge in [-0.15, -0.1) is 0 Å². The van der Waals surface area contributed by atoms with Gasteiger partial charge in [0.15, 0.2) is 0 Å². The first-order valence-electron chi connectivity index (χ1n) is 5.81. The second-order valence-corrected chi connectivity index (χ2v) is 4.06. The number of nitrogens with zero attached hydrogens (tertiary/aromatic N) is 2. The first kappa shape index (κ1) is 12.4. The van der Waals surface area contributed by atoms with Crippen LogP contribution in [0.2, 0.25) is 0 Å². The molecule has 0 amide bonds. The Hall–Kier alpha value is -2.04. The van der Waals surface area contributed by atoms with Gasteiger partial charge in [-0.1, -0.05) is 0 Å². The molecule has 1 aromatic carbocycles. The number of hydrogen-bond donors (Lipinski definition) is 1. The zero-order valence-electron chi connectivity index (χ0n) is 10.5. The lowest BCUT2D eigenvalue weighted by Crippen LogP contribution is -2.06. The highest BCUT2D eigenvalue weighted by molar-refractivity contribution is 5.43. The van der Waals surface area contributed by atoms with Gasteiger partial charge in [-0.3, -0.25) is 4.68 Å². The summed E-state index contributed by atoms with van der Waals surface area (Å²) in [5, 5.41) is 4.32. The first-order chi connectivity index (χ1) is 8.60. The van der Waals surface area contributed by atoms with Gasteiger partial charge in [0.05, 0.1) is 17.1 Å². The van der Waals surface area contributed by atoms with E-state index in [1.165, 1.54) is 12.1 Å². The lowest BCUT2D eigenvalue weighted by molar-refractivity contribution is 0.291. The normalized spacial score (nSPS) is 10.6. The highest BCUT2D eigenvalue weighted by Gasteiger charge is 2.06. The van der Waals surface area contributed by atoms with Crippen molar-refractivity contribution in [3.05, 3.63) is 41.5 Å². The van der Waals surface area contributed by atoms with Crippen molar-refractivity contribution in [3.63, 3.8) is 0 Å². The molecule has 2 aromatic rings. The Morgan fingerprint density at radius 3 is 2.83 bits per heavy atom. The van der Waals surface area contributed by atoms with Crippen LogP contribution in [0.4, 0.5) is 10.1 Å². The summed E-state index contributed by atoms with van der Waals surface area (Å²) in [6.07, 6.45) is 0. The van der Waals surface area contributed by atoms with Crippen molar-refractivity contribution in [2.75, 3.05) is 5.73 Å². The molecule has 2 N–H and O–H groups in total. The molecule has 5 heteroatoms. The number of benzene rings is 1. The van der Waals surface area contributed by atoms with Crippen LogP contribution in [0.5, 0.6) is 5.75 Å². The average molecular weight is 249 g/mol. The molecule has 0 fully saturated rings. The van der Waals surface area contributed by atoms with Crippen LogP contribution >= 0.6 is 0 Å². The van der Waals surface area contributed by atoms with E-state index in [0.717, 1.165) is 17.9 Å². The van der Waals surface area contributed by atoms with E-state index in [9.17, 15) is 4.39 Å². The average Bonchev–Trinajstić information content (AvgIpc) is 2.71. The van der Waals surface area contributed by atoms with Crippen molar-refractivity contribution < 1.29 is 9.13 Å². The Labute approximate surface area is 105 Å². The maximum absolute atomic E-state index is 13.2. The summed E-state index contributed by atoms with van der Waals surface area (Å²) in [6.45, 7) is 5.08. The van der Waals surface area contributed by atoms with Gasteiger partial charge in [-0.05, 0) is 32.0 Å². The third-order valence-electron chi connectivity index (χ3n) is 2.64. The molecule has 18 heavy (non-hydrogen) atoms. The summed E-state index contributed by atoms with van der Waals surface area (Å²) >= 11 is 0. The summed E-state index contributed by atoms with van der Waals surface area (Å²) in [5.41, 5.74) is 7.43. The van der Waals surface area contributed by atoms with E-state index in [0.29, 0.717) is 12.4 Å². The Kier molecular flexibility index (Phi) is 3.50. The number of rotatable bonds is 4. The van der Waals surface area contributed by atoms with Crippen LogP contribution in [-0.4, -0.2) is 9.78 Å². The predicted molar refractivity (Wildman–Crippen MR) is 67.8 cm³/mol. The number of aryl methyl sites for hydroxylation is 2. The quantitative estimate of drug-likeness (QED) is 0.847. The molecule has 1 heterocycles. The number of aromatic nitrogens is 2. The zero-order chi connectivity index (χ0) is 13.1. The Balaban J connectivity index is 2.08. The second-order valence-electron chi connectivity index (χ2n) is 4.06. The minimum atomic E-state index is -0.465. The third kappa shape index (κ3) is 2.61. The number of nitrogens with two attached hydrogens (primary N) is 1. The SMILES string of the molecule is CCn1nc(C)cc1COc1ccc(N)c(F)c1. The molecule has 0 atom stereocenters. The Morgan fingerprint density at radius 2 is 2.17 bits per heavy atom. The molecule has 0 aliphatic carbocycles. The van der Waals surface area contributed by atoms with Crippen molar-refractivity contribution in [2.24, 2.45) is 0 Å². The molecule has 0 aliphatic heterocycles. The molecule has 0 spiro atoms. The summed E-state index contributed by atoms with van der Waals surface area (Å²) in [7, 11) is 0. The fourth-order valence-corrected chi connectivity index (χ4v) is 1.74. The van der Waals surface area contributed by atoms with Gasteiger partial charge in [0.25, 0.3) is 0 Å². The fraction of sp³-hybridized carbons (Fsp3) is 0.308. The van der Waals surface area contributed by atoms with Gasteiger partial charge in [0.2, 0.25) is 0 Å². The van der Waals surface area contributed by atoms with E-state index >= 15 is 0 Å². The third-order valence-corrected chi connectivity index (χ3v) is 2.64. The van der Waals surface area contributed by atoms with Crippen LogP contribution in [0, 0.1) is 12.7 Å². The zero-order valence-corrected chi connectivity index (χ0v) is 10.5. The van der Waals surface area contributed by atoms with Gasteiger partial charge in [-0.2, -0.15) is 5.10 Å². The van der Waals surface area contributed by atoms with Crippen molar-refractivity contribution in [1.82, 2.24) is 9.78 Å². The molecule has 0 bridgehead atoms. The highest BCUT2D eigenvalue weighted by atomic mass is 19.1. The molecule has 0 saturated heterocycles. The number of halogens is 1. The largest absolute Gasteiger partial charge is 0.487 e. The summed E-state index contributed by atoms with van der Waals surface area (Å²) < 4.78 is 20.6. The second kappa shape index (κ2) is 5.08. The van der Waals surface area contributed by atoms with Gasteiger partial charge in [0.1, 0.15) is 18.2 Å². The first-order valence-corrected chi connectivity index (χ1v) is 5.81. The topological polar surface area (TPSA) is 53.1 Å². The molecule has 0 radical (unpaired) electrons. The van der Waals surface area contributed by atoms with E-state index in [-0.39, 0.29) is 5.69 Å². The van der Waals surface area contributed by atoms with E-state index in [4.69, 9.17) is 10.5 Å². The van der Waals surface area contributed by atoms with Crippen LogP contribution in [0.3, 0.4) is 0 Å². The number of anilines is 1. The molecule has 0 unspecified atom stereocenters. The number of nitrogen functional groups attached to an aromatic ring is 1. The smallest absolute Gasteiger partial charge is 0.149 e. The van der Waals surface area contributed by atoms with Gasteiger partial charge in [0, 0.05) is 12.6 Å². The van der Waals surface area contributed by atoms with Crippen LogP contribution in [0.15, 0.2) is 24.3 Å². The van der Waals surface area contributed by atoms with Crippen LogP contribution in [0.25, 0.3) is 0 Å². The number of hydrogen-bond acceptors (Lipinski definition) is 3. The molecule has 4 nitrogen and oxygen atoms in total. The van der Waals surface area contributed by atoms with Crippen molar-refractivity contribution in [2.45, 2.75) is 27.0 Å². The van der Waals surface area contributed by atoms with E-state index in [2.05, 4.69) is 5.10 Å². The lowest BCUT2D eigenvalue weighted by Gasteiger charge is -2.08. The predicted octanol–water partition coefficient (Wildman–Crippen LogP) is 2.51. The molecule has 0 aliphatic rings. The standard InChI is InChI=1S/C13H16FN3O/c1-3-17-10(6-9(2)16-17)8-18-11-4-5-13(15)12(14)7-11/h4-7H,3,8,15H2,1-2H3. The Bertz CT molecular complexity index is 551. The highest BCUT2D eigenvalue weighted by Crippen LogP contribution is 2.19. The molecule has 96 valence electrons. The van der Waals surface area contributed by atoms with Crippen molar-refractivity contribution >= 4 is 5.69 Å². The minimum Gasteiger partial charge on any atom is -0.487 e. The summed E-state index contributed by atoms with van der Waals surface area (Å²) in [6, 6.07) is 6.39. The van der Waals surface area contributed by atoms with E-state index in [1.54, 1.807) is 6.07 Å². The van der Waals surface area contributed by atoms with Crippen LogP contribution < -0.4 is 10.5 Å². The lowest BCUT2D eigenvalue weighted by atomic mass is 10.3. The van der Waals surface area contributed by atoms with Crippen LogP contribution in [-0.2, 0) is 13.2 Å². The molecule has 2 rings (SSSR count). The summed E-state index contributed by atoms with van der Waals surface area (Å²) in [4.78, 5) is 0. The van der Waals surface area contributed by atoms with Gasteiger partial charge in [-0.25, -0.2) is 4.39 Å². The van der Waals surface area contributed by atoms with Crippen LogP contribution in [0.1, 0.15) is 18.3 Å². The maximum atomic E-state index is 13.2. The molecule has 0 saturated carbocycles. The van der Waals surface area contributed by atoms with Gasteiger partial charge < -0.3 is 10.5 Å². The van der Waals surface area contributed by atoms with Crippen molar-refractivity contribution in [1.29, 1.82) is 0 Å². The minimum absolute atomic E-state index is 0.122. The van der Waals surface area contributed by atoms with E-state index in [1.807, 2.05) is 24.6 Å². The molecule has 1 aromatic heterocycles. The van der Waals surface area contributed by atoms with Gasteiger partial charge >= 0.3 is 0 Å². The number of ether oxygens (including phenoxy) is 1. The molecular formula is C13H16FN3O. The maximum Gasteiger partial charge on any atom is 0.149 e. The fourth-order valence-electron chi connectivity index (χ4n) is 1.74. The summed E-state index contributed by atoms with van der Waals surface area (Å²) in [5.74, 6) is -0.00381. The monoisotopic (exact) mass is 249 g/mol.